The molecule has 0 aliphatic heterocycles. The smallest absolute Gasteiger partial charge is 0.263 e. The predicted octanol–water partition coefficient (Wildman–Crippen LogP) is 4.39. The summed E-state index contributed by atoms with van der Waals surface area (Å²) in [7, 11) is 0. The van der Waals surface area contributed by atoms with E-state index in [2.05, 4.69) is 19.9 Å². The highest BCUT2D eigenvalue weighted by molar-refractivity contribution is 7.99. The molecule has 0 fully saturated rings. The maximum Gasteiger partial charge on any atom is 0.263 e. The van der Waals surface area contributed by atoms with Gasteiger partial charge in [-0.05, 0) is 43.6 Å². The van der Waals surface area contributed by atoms with Crippen LogP contribution in [0.1, 0.15) is 50.0 Å². The van der Waals surface area contributed by atoms with Gasteiger partial charge in [-0.3, -0.25) is 9.36 Å². The van der Waals surface area contributed by atoms with E-state index in [-0.39, 0.29) is 5.56 Å². The first kappa shape index (κ1) is 17.5. The minimum absolute atomic E-state index is 0.125. The van der Waals surface area contributed by atoms with Crippen LogP contribution >= 0.6 is 23.1 Å². The SMILES string of the molecule is CC(C)CCn1c(SCCC#N)nc2sc3c(c2c1=O)CCCC3. The third-order valence-corrected chi connectivity index (χ3v) is 6.58. The maximum absolute atomic E-state index is 13.2. The van der Waals surface area contributed by atoms with E-state index < -0.39 is 0 Å². The van der Waals surface area contributed by atoms with Gasteiger partial charge in [-0.1, -0.05) is 25.6 Å². The average molecular weight is 362 g/mol. The van der Waals surface area contributed by atoms with E-state index >= 15 is 0 Å². The Bertz CT molecular complexity index is 829. The Labute approximate surface area is 150 Å². The van der Waals surface area contributed by atoms with Gasteiger partial charge in [0.05, 0.1) is 11.5 Å². The second-order valence-electron chi connectivity index (χ2n) is 6.68. The van der Waals surface area contributed by atoms with Crippen molar-refractivity contribution in [1.29, 1.82) is 5.26 Å². The van der Waals surface area contributed by atoms with Gasteiger partial charge in [-0.25, -0.2) is 4.98 Å². The molecule has 1 aliphatic carbocycles. The third-order valence-electron chi connectivity index (χ3n) is 4.41. The van der Waals surface area contributed by atoms with E-state index in [4.69, 9.17) is 10.2 Å². The predicted molar refractivity (Wildman–Crippen MR) is 101 cm³/mol. The van der Waals surface area contributed by atoms with Gasteiger partial charge in [-0.2, -0.15) is 5.26 Å². The van der Waals surface area contributed by atoms with Gasteiger partial charge in [0, 0.05) is 23.6 Å². The molecular weight excluding hydrogens is 338 g/mol. The molecule has 128 valence electrons. The topological polar surface area (TPSA) is 58.7 Å². The van der Waals surface area contributed by atoms with Gasteiger partial charge in [0.25, 0.3) is 5.56 Å². The molecule has 4 nitrogen and oxygen atoms in total. The van der Waals surface area contributed by atoms with E-state index in [1.807, 2.05) is 4.57 Å². The Balaban J connectivity index is 2.08. The summed E-state index contributed by atoms with van der Waals surface area (Å²) >= 11 is 3.23. The number of thioether (sulfide) groups is 1. The minimum Gasteiger partial charge on any atom is -0.287 e. The largest absolute Gasteiger partial charge is 0.287 e. The highest BCUT2D eigenvalue weighted by atomic mass is 32.2. The van der Waals surface area contributed by atoms with Crippen LogP contribution in [0.15, 0.2) is 9.95 Å². The van der Waals surface area contributed by atoms with Crippen LogP contribution in [0.2, 0.25) is 0 Å². The molecule has 0 aromatic carbocycles. The van der Waals surface area contributed by atoms with Crippen LogP contribution in [0.5, 0.6) is 0 Å². The molecule has 24 heavy (non-hydrogen) atoms. The number of nitriles is 1. The summed E-state index contributed by atoms with van der Waals surface area (Å²) in [4.78, 5) is 20.3. The Morgan fingerprint density at radius 2 is 2.17 bits per heavy atom. The molecule has 6 heteroatoms. The average Bonchev–Trinajstić information content (AvgIpc) is 2.92. The molecule has 1 aliphatic rings. The second-order valence-corrected chi connectivity index (χ2v) is 8.83. The number of thiophene rings is 1. The van der Waals surface area contributed by atoms with Crippen LogP contribution in [0.4, 0.5) is 0 Å². The van der Waals surface area contributed by atoms with Crippen molar-refractivity contribution in [3.05, 3.63) is 20.8 Å². The maximum atomic E-state index is 13.2. The molecule has 0 bridgehead atoms. The van der Waals surface area contributed by atoms with Crippen LogP contribution < -0.4 is 5.56 Å². The molecule has 0 N–H and O–H groups in total. The molecule has 0 radical (unpaired) electrons. The van der Waals surface area contributed by atoms with Crippen molar-refractivity contribution in [2.75, 3.05) is 5.75 Å². The fraction of sp³-hybridized carbons (Fsp3) is 0.611. The lowest BCUT2D eigenvalue weighted by Crippen LogP contribution is -2.24. The lowest BCUT2D eigenvalue weighted by molar-refractivity contribution is 0.481. The summed E-state index contributed by atoms with van der Waals surface area (Å²) in [5.41, 5.74) is 1.38. The molecule has 0 saturated carbocycles. The summed E-state index contributed by atoms with van der Waals surface area (Å²) in [6.45, 7) is 5.05. The van der Waals surface area contributed by atoms with Crippen LogP contribution in [0.3, 0.4) is 0 Å². The Kier molecular flexibility index (Phi) is 5.62. The van der Waals surface area contributed by atoms with Crippen molar-refractivity contribution in [2.45, 2.75) is 64.1 Å². The molecule has 2 heterocycles. The number of fused-ring (bicyclic) bond motifs is 3. The Morgan fingerprint density at radius 1 is 1.38 bits per heavy atom. The van der Waals surface area contributed by atoms with Gasteiger partial charge in [0.15, 0.2) is 5.16 Å². The highest BCUT2D eigenvalue weighted by Crippen LogP contribution is 2.34. The quantitative estimate of drug-likeness (QED) is 0.435. The lowest BCUT2D eigenvalue weighted by Gasteiger charge is -2.14. The van der Waals surface area contributed by atoms with Crippen LogP contribution in [-0.4, -0.2) is 15.3 Å². The summed E-state index contributed by atoms with van der Waals surface area (Å²) < 4.78 is 1.85. The van der Waals surface area contributed by atoms with Crippen LogP contribution in [0.25, 0.3) is 10.2 Å². The zero-order valence-electron chi connectivity index (χ0n) is 14.3. The van der Waals surface area contributed by atoms with E-state index in [0.29, 0.717) is 24.6 Å². The monoisotopic (exact) mass is 361 g/mol. The molecule has 0 saturated heterocycles. The van der Waals surface area contributed by atoms with Crippen molar-refractivity contribution >= 4 is 33.3 Å². The Morgan fingerprint density at radius 3 is 2.92 bits per heavy atom. The molecule has 3 rings (SSSR count). The second kappa shape index (κ2) is 7.71. The van der Waals surface area contributed by atoms with E-state index in [9.17, 15) is 4.79 Å². The van der Waals surface area contributed by atoms with Gasteiger partial charge < -0.3 is 0 Å². The number of hydrogen-bond acceptors (Lipinski definition) is 5. The van der Waals surface area contributed by atoms with Crippen molar-refractivity contribution in [1.82, 2.24) is 9.55 Å². The molecule has 2 aromatic heterocycles. The van der Waals surface area contributed by atoms with Gasteiger partial charge in [-0.15, -0.1) is 11.3 Å². The summed E-state index contributed by atoms with van der Waals surface area (Å²) in [6.07, 6.45) is 5.92. The Hall–Kier alpha value is -1.32. The third kappa shape index (κ3) is 3.52. The van der Waals surface area contributed by atoms with E-state index in [0.717, 1.165) is 34.6 Å². The highest BCUT2D eigenvalue weighted by Gasteiger charge is 2.22. The normalized spacial score (nSPS) is 14.1. The molecule has 0 unspecified atom stereocenters. The number of aromatic nitrogens is 2. The zero-order valence-corrected chi connectivity index (χ0v) is 15.9. The molecule has 0 atom stereocenters. The van der Waals surface area contributed by atoms with Gasteiger partial charge >= 0.3 is 0 Å². The number of nitrogens with zero attached hydrogens (tertiary/aromatic N) is 3. The van der Waals surface area contributed by atoms with E-state index in [1.165, 1.54) is 35.0 Å². The molecular formula is C18H23N3OS2. The van der Waals surface area contributed by atoms with Crippen molar-refractivity contribution < 1.29 is 0 Å². The van der Waals surface area contributed by atoms with Gasteiger partial charge in [0.1, 0.15) is 4.83 Å². The summed E-state index contributed by atoms with van der Waals surface area (Å²) in [5.74, 6) is 1.22. The number of rotatable bonds is 6. The fourth-order valence-electron chi connectivity index (χ4n) is 3.10. The number of aryl methyl sites for hydroxylation is 2. The van der Waals surface area contributed by atoms with Crippen molar-refractivity contribution in [3.8, 4) is 6.07 Å². The fourth-order valence-corrected chi connectivity index (χ4v) is 5.27. The van der Waals surface area contributed by atoms with Crippen molar-refractivity contribution in [2.24, 2.45) is 5.92 Å². The molecule has 2 aromatic rings. The number of hydrogen-bond donors (Lipinski definition) is 0. The van der Waals surface area contributed by atoms with Crippen molar-refractivity contribution in [3.63, 3.8) is 0 Å². The standard InChI is InChI=1S/C18H23N3OS2/c1-12(2)8-10-21-17(22)15-13-6-3-4-7-14(13)24-16(15)20-18(21)23-11-5-9-19/h12H,3-8,10-11H2,1-2H3. The summed E-state index contributed by atoms with van der Waals surface area (Å²) in [5, 5.41) is 10.4. The molecule has 0 spiro atoms. The first-order chi connectivity index (χ1) is 11.6. The first-order valence-corrected chi connectivity index (χ1v) is 10.5. The first-order valence-electron chi connectivity index (χ1n) is 8.66. The minimum atomic E-state index is 0.125. The van der Waals surface area contributed by atoms with Gasteiger partial charge in [0.2, 0.25) is 0 Å². The van der Waals surface area contributed by atoms with Crippen LogP contribution in [0, 0.1) is 17.2 Å². The van der Waals surface area contributed by atoms with E-state index in [1.54, 1.807) is 11.3 Å². The summed E-state index contributed by atoms with van der Waals surface area (Å²) in [6, 6.07) is 2.17. The zero-order chi connectivity index (χ0) is 17.1. The lowest BCUT2D eigenvalue weighted by atomic mass is 9.97. The molecule has 0 amide bonds. The van der Waals surface area contributed by atoms with Crippen LogP contribution in [-0.2, 0) is 19.4 Å².